The van der Waals surface area contributed by atoms with Gasteiger partial charge in [-0.2, -0.15) is 0 Å². The number of nitrogens with zero attached hydrogens (tertiary/aromatic N) is 6. The first-order valence-electron chi connectivity index (χ1n) is 16.9. The normalized spacial score (nSPS) is 25.0. The maximum Gasteiger partial charge on any atom is 0.266 e. The Morgan fingerprint density at radius 3 is 1.36 bits per heavy atom. The van der Waals surface area contributed by atoms with Gasteiger partial charge in [-0.3, -0.25) is 9.34 Å². The average Bonchev–Trinajstić information content (AvgIpc) is 3.50. The average molecular weight is 642 g/mol. The zero-order valence-corrected chi connectivity index (χ0v) is 32.9. The molecule has 2 bridgehead atoms. The minimum atomic E-state index is -2.42. The maximum absolute atomic E-state index is 7.23. The molecule has 0 N–H and O–H groups in total. The van der Waals surface area contributed by atoms with Crippen molar-refractivity contribution in [2.75, 3.05) is 6.66 Å². The molecule has 4 atom stereocenters. The Labute approximate surface area is 267 Å². The van der Waals surface area contributed by atoms with Crippen LogP contribution in [0.2, 0.25) is 0 Å². The molecule has 0 saturated heterocycles. The summed E-state index contributed by atoms with van der Waals surface area (Å²) >= 11 is 7.23. The second-order valence-electron chi connectivity index (χ2n) is 15.4. The number of hydrogen-bond acceptors (Lipinski definition) is 5. The van der Waals surface area contributed by atoms with Crippen molar-refractivity contribution in [3.05, 3.63) is 12.2 Å². The van der Waals surface area contributed by atoms with E-state index in [1.807, 2.05) is 0 Å². The van der Waals surface area contributed by atoms with Crippen molar-refractivity contribution < 1.29 is 0 Å². The Bertz CT molecular complexity index is 960. The predicted molar refractivity (Wildman–Crippen MR) is 193 cm³/mol. The molecule has 6 nitrogen and oxygen atoms in total. The van der Waals surface area contributed by atoms with E-state index < -0.39 is 14.1 Å². The quantitative estimate of drug-likeness (QED) is 0.139. The molecule has 3 rings (SSSR count). The molecular weight excluding hydrogens is 574 g/mol. The highest BCUT2D eigenvalue weighted by Gasteiger charge is 2.68. The molecule has 2 aliphatic carbocycles. The molecule has 0 aromatic heterocycles. The first-order valence-corrected chi connectivity index (χ1v) is 21.7. The fourth-order valence-electron chi connectivity index (χ4n) is 9.36. The molecule has 0 aromatic rings. The molecule has 1 saturated carbocycles. The summed E-state index contributed by atoms with van der Waals surface area (Å²) < 4.78 is 13.8. The van der Waals surface area contributed by atoms with Gasteiger partial charge in [0.25, 0.3) is 7.71 Å². The highest BCUT2D eigenvalue weighted by molar-refractivity contribution is 8.20. The third-order valence-corrected chi connectivity index (χ3v) is 20.1. The SMILES string of the molecule is CC(C)N(C(C)C)P(=S)(C1=NN([P+](C)(N(C(C)C)C(C)C)N(C(C)C)C(C)C)[C@@H]2[C@H]1[C@H]1C=C[C@@H]2C1)N(C(C)C)C(C)C. The van der Waals surface area contributed by atoms with Crippen molar-refractivity contribution in [3.63, 3.8) is 0 Å². The van der Waals surface area contributed by atoms with Gasteiger partial charge in [0, 0.05) is 60.2 Å². The maximum atomic E-state index is 7.23. The Hall–Kier alpha value is 0.130. The van der Waals surface area contributed by atoms with Crippen molar-refractivity contribution in [3.8, 4) is 0 Å². The van der Waals surface area contributed by atoms with Crippen molar-refractivity contribution >= 4 is 31.3 Å². The van der Waals surface area contributed by atoms with Crippen LogP contribution in [0.15, 0.2) is 17.3 Å². The lowest BCUT2D eigenvalue weighted by atomic mass is 9.91. The Kier molecular flexibility index (Phi) is 11.7. The van der Waals surface area contributed by atoms with E-state index >= 15 is 0 Å². The van der Waals surface area contributed by atoms with E-state index in [2.05, 4.69) is 153 Å². The van der Waals surface area contributed by atoms with E-state index in [4.69, 9.17) is 16.9 Å². The molecule has 0 unspecified atom stereocenters. The second-order valence-corrected chi connectivity index (χ2v) is 22.5. The number of hydrogen-bond donors (Lipinski definition) is 0. The van der Waals surface area contributed by atoms with E-state index in [0.717, 1.165) is 0 Å². The number of hydrazone groups is 1. The molecule has 9 heteroatoms. The fraction of sp³-hybridized carbons (Fsp3) is 0.909. The smallest absolute Gasteiger partial charge is 0.254 e. The summed E-state index contributed by atoms with van der Waals surface area (Å²) in [4.78, 5) is 0. The van der Waals surface area contributed by atoms with Gasteiger partial charge in [0.05, 0.1) is 0 Å². The highest BCUT2D eigenvalue weighted by atomic mass is 32.4. The monoisotopic (exact) mass is 641 g/mol. The van der Waals surface area contributed by atoms with Gasteiger partial charge in [0.1, 0.15) is 24.5 Å². The van der Waals surface area contributed by atoms with Gasteiger partial charge in [0.15, 0.2) is 0 Å². The fourth-order valence-corrected chi connectivity index (χ4v) is 21.6. The largest absolute Gasteiger partial charge is 0.266 e. The van der Waals surface area contributed by atoms with Crippen molar-refractivity contribution in [1.82, 2.24) is 23.5 Å². The highest BCUT2D eigenvalue weighted by Crippen LogP contribution is 2.75. The molecule has 0 spiro atoms. The molecule has 42 heavy (non-hydrogen) atoms. The van der Waals surface area contributed by atoms with Crippen molar-refractivity contribution in [2.45, 2.75) is 172 Å². The summed E-state index contributed by atoms with van der Waals surface area (Å²) in [5.74, 6) is 1.44. The van der Waals surface area contributed by atoms with Crippen LogP contribution in [0.25, 0.3) is 0 Å². The van der Waals surface area contributed by atoms with Gasteiger partial charge in [-0.05, 0) is 123 Å². The first-order chi connectivity index (χ1) is 19.3. The molecular formula is C33H67N6P2S+. The van der Waals surface area contributed by atoms with Crippen LogP contribution in [-0.4, -0.2) is 90.0 Å². The third kappa shape index (κ3) is 6.01. The number of rotatable bonds is 14. The molecule has 0 radical (unpaired) electrons. The standard InChI is InChI=1S/C33H67N6P2S/c1-21(2)35(22(3)4)40(17,36(23(5)6)24(7)8)39-32-30-19-18-29(20-30)31(32)33(34-39)41(42,37(25(9)10)26(11)12)38(27(13)14)28(15)16/h18-19,21-32H,20H2,1-17H3/q+1/t29-,30+,31+,32-/m0/s1. The van der Waals surface area contributed by atoms with Crippen LogP contribution in [0.3, 0.4) is 0 Å². The van der Waals surface area contributed by atoms with Crippen molar-refractivity contribution in [2.24, 2.45) is 22.9 Å². The van der Waals surface area contributed by atoms with Crippen LogP contribution in [0.4, 0.5) is 0 Å². The lowest BCUT2D eigenvalue weighted by molar-refractivity contribution is 0.187. The van der Waals surface area contributed by atoms with Crippen LogP contribution < -0.4 is 0 Å². The van der Waals surface area contributed by atoms with Crippen LogP contribution in [0.5, 0.6) is 0 Å². The van der Waals surface area contributed by atoms with Gasteiger partial charge >= 0.3 is 0 Å². The summed E-state index contributed by atoms with van der Waals surface area (Å²) in [6.45, 7) is 40.5. The summed E-state index contributed by atoms with van der Waals surface area (Å²) in [6, 6.07) is 3.36. The van der Waals surface area contributed by atoms with E-state index in [9.17, 15) is 0 Å². The predicted octanol–water partition coefficient (Wildman–Crippen LogP) is 8.98. The van der Waals surface area contributed by atoms with Crippen LogP contribution in [0, 0.1) is 17.8 Å². The topological polar surface area (TPSA) is 28.6 Å². The summed E-state index contributed by atoms with van der Waals surface area (Å²) in [5.41, 5.74) is 1.34. The van der Waals surface area contributed by atoms with E-state index in [0.29, 0.717) is 72.1 Å². The molecule has 0 aromatic carbocycles. The Morgan fingerprint density at radius 2 is 1.02 bits per heavy atom. The summed E-state index contributed by atoms with van der Waals surface area (Å²) in [5, 5.41) is 6.04. The minimum Gasteiger partial charge on any atom is -0.254 e. The Balaban J connectivity index is 2.46. The van der Waals surface area contributed by atoms with Gasteiger partial charge < -0.3 is 0 Å². The molecule has 1 heterocycles. The van der Waals surface area contributed by atoms with Crippen LogP contribution in [0.1, 0.15) is 117 Å². The molecule has 1 fully saturated rings. The summed E-state index contributed by atoms with van der Waals surface area (Å²) in [6.07, 6.45) is 3.87. The van der Waals surface area contributed by atoms with Crippen molar-refractivity contribution in [1.29, 1.82) is 0 Å². The third-order valence-electron chi connectivity index (χ3n) is 9.61. The van der Waals surface area contributed by atoms with Gasteiger partial charge in [0.2, 0.25) is 0 Å². The lowest BCUT2D eigenvalue weighted by Gasteiger charge is -2.51. The molecule has 244 valence electrons. The molecule has 0 amide bonds. The second kappa shape index (κ2) is 13.5. The van der Waals surface area contributed by atoms with Crippen LogP contribution >= 0.6 is 14.1 Å². The number of allylic oxidation sites excluding steroid dienone is 1. The first kappa shape index (κ1) is 36.6. The van der Waals surface area contributed by atoms with E-state index in [1.165, 1.54) is 11.9 Å². The number of fused-ring (bicyclic) bond motifs is 5. The lowest BCUT2D eigenvalue weighted by Crippen LogP contribution is -2.54. The minimum absolute atomic E-state index is 0.340. The van der Waals surface area contributed by atoms with E-state index in [1.54, 1.807) is 0 Å². The zero-order valence-electron chi connectivity index (χ0n) is 30.3. The zero-order chi connectivity index (χ0) is 32.2. The molecule has 1 aliphatic heterocycles. The summed E-state index contributed by atoms with van der Waals surface area (Å²) in [7, 11) is -2.11. The van der Waals surface area contributed by atoms with Gasteiger partial charge in [-0.15, -0.1) is 19.2 Å². The molecule has 3 aliphatic rings. The van der Waals surface area contributed by atoms with E-state index in [-0.39, 0.29) is 0 Å². The van der Waals surface area contributed by atoms with Crippen LogP contribution in [-0.2, 0) is 11.8 Å². The van der Waals surface area contributed by atoms with Gasteiger partial charge in [-0.25, -0.2) is 0 Å². The van der Waals surface area contributed by atoms with Gasteiger partial charge in [-0.1, -0.05) is 24.0 Å². The Morgan fingerprint density at radius 1 is 0.667 bits per heavy atom.